The minimum Gasteiger partial charge on any atom is -0.496 e. The maximum Gasteiger partial charge on any atom is 0.458 e. The molecule has 212 valence electrons. The van der Waals surface area contributed by atoms with Crippen LogP contribution < -0.4 is 9.47 Å². The number of ether oxygens (including phenoxy) is 4. The highest BCUT2D eigenvalue weighted by Crippen LogP contribution is 2.47. The number of hydrogen-bond donors (Lipinski definition) is 0. The van der Waals surface area contributed by atoms with Gasteiger partial charge in [0.15, 0.2) is 0 Å². The first-order valence-corrected chi connectivity index (χ1v) is 12.3. The lowest BCUT2D eigenvalue weighted by molar-refractivity contribution is -0.289. The summed E-state index contributed by atoms with van der Waals surface area (Å²) in [7, 11) is 5.08. The van der Waals surface area contributed by atoms with Crippen LogP contribution in [0.1, 0.15) is 76.9 Å². The molecule has 0 aromatic heterocycles. The summed E-state index contributed by atoms with van der Waals surface area (Å²) >= 11 is 2.22. The molecule has 0 saturated heterocycles. The van der Waals surface area contributed by atoms with Gasteiger partial charge in [-0.05, 0) is 69.8 Å². The highest BCUT2D eigenvalue weighted by molar-refractivity contribution is 14.1. The molecule has 2 rings (SSSR count). The van der Waals surface area contributed by atoms with Crippen LogP contribution in [0.3, 0.4) is 0 Å². The molecular weight excluding hydrogens is 630 g/mol. The molecule has 0 heterocycles. The zero-order valence-corrected chi connectivity index (χ0v) is 24.3. The van der Waals surface area contributed by atoms with Gasteiger partial charge in [-0.2, -0.15) is 22.0 Å². The third-order valence-electron chi connectivity index (χ3n) is 5.44. The van der Waals surface area contributed by atoms with Crippen LogP contribution in [-0.2, 0) is 15.4 Å². The SMILES string of the molecule is COC(=O)c1cc(C(F)(F)C(F)(F)F)c(C(C)C)cc1OC.COC(=O)c1cc(I)c(C(C)C)cc1OC. The molecule has 0 atom stereocenters. The minimum absolute atomic E-state index is 0.128. The summed E-state index contributed by atoms with van der Waals surface area (Å²) in [5, 5.41) is 0. The number of alkyl halides is 5. The molecule has 0 amide bonds. The van der Waals surface area contributed by atoms with E-state index in [4.69, 9.17) is 14.2 Å². The molecule has 0 bridgehead atoms. The zero-order valence-electron chi connectivity index (χ0n) is 22.2. The quantitative estimate of drug-likeness (QED) is 0.175. The number of halogens is 6. The van der Waals surface area contributed by atoms with Crippen molar-refractivity contribution in [1.29, 1.82) is 0 Å². The van der Waals surface area contributed by atoms with Crippen molar-refractivity contribution in [3.05, 3.63) is 55.7 Å². The van der Waals surface area contributed by atoms with Crippen molar-refractivity contribution in [1.82, 2.24) is 0 Å². The summed E-state index contributed by atoms with van der Waals surface area (Å²) in [6.45, 7) is 7.13. The Balaban J connectivity index is 0.000000399. The Morgan fingerprint density at radius 3 is 1.45 bits per heavy atom. The monoisotopic (exact) mass is 660 g/mol. The smallest absolute Gasteiger partial charge is 0.458 e. The van der Waals surface area contributed by atoms with Crippen molar-refractivity contribution in [2.24, 2.45) is 0 Å². The van der Waals surface area contributed by atoms with Crippen LogP contribution in [0.25, 0.3) is 0 Å². The Morgan fingerprint density at radius 1 is 0.711 bits per heavy atom. The van der Waals surface area contributed by atoms with Gasteiger partial charge in [0.2, 0.25) is 0 Å². The van der Waals surface area contributed by atoms with E-state index in [1.165, 1.54) is 33.6 Å². The molecule has 0 aliphatic rings. The van der Waals surface area contributed by atoms with Gasteiger partial charge in [-0.15, -0.1) is 0 Å². The van der Waals surface area contributed by atoms with Crippen LogP contribution >= 0.6 is 22.6 Å². The molecule has 6 nitrogen and oxygen atoms in total. The Morgan fingerprint density at radius 2 is 1.11 bits per heavy atom. The van der Waals surface area contributed by atoms with E-state index < -0.39 is 35.1 Å². The van der Waals surface area contributed by atoms with Gasteiger partial charge in [-0.1, -0.05) is 27.7 Å². The zero-order chi connectivity index (χ0) is 29.6. The topological polar surface area (TPSA) is 71.1 Å². The third-order valence-corrected chi connectivity index (χ3v) is 6.37. The predicted octanol–water partition coefficient (Wildman–Crippen LogP) is 7.47. The lowest BCUT2D eigenvalue weighted by Crippen LogP contribution is -2.35. The summed E-state index contributed by atoms with van der Waals surface area (Å²) in [6.07, 6.45) is -5.78. The van der Waals surface area contributed by atoms with Crippen LogP contribution in [-0.4, -0.2) is 46.6 Å². The fourth-order valence-corrected chi connectivity index (χ4v) is 4.48. The van der Waals surface area contributed by atoms with E-state index >= 15 is 0 Å². The fourth-order valence-electron chi connectivity index (χ4n) is 3.39. The van der Waals surface area contributed by atoms with E-state index in [1.54, 1.807) is 13.2 Å². The van der Waals surface area contributed by atoms with E-state index in [0.717, 1.165) is 16.7 Å². The minimum atomic E-state index is -5.78. The number of benzene rings is 2. The Bertz CT molecular complexity index is 1150. The number of carbonyl (C=O) groups is 2. The molecule has 0 radical (unpaired) electrons. The Hall–Kier alpha value is -2.64. The summed E-state index contributed by atoms with van der Waals surface area (Å²) in [6, 6.07) is 5.19. The van der Waals surface area contributed by atoms with E-state index in [1.807, 2.05) is 6.07 Å². The largest absolute Gasteiger partial charge is 0.496 e. The highest BCUT2D eigenvalue weighted by Gasteiger charge is 2.59. The van der Waals surface area contributed by atoms with Crippen molar-refractivity contribution >= 4 is 34.5 Å². The summed E-state index contributed by atoms with van der Waals surface area (Å²) < 4.78 is 85.7. The van der Waals surface area contributed by atoms with Gasteiger partial charge in [0, 0.05) is 9.13 Å². The molecule has 0 fully saturated rings. The molecule has 0 saturated carbocycles. The predicted molar refractivity (Wildman–Crippen MR) is 140 cm³/mol. The summed E-state index contributed by atoms with van der Waals surface area (Å²) in [5.41, 5.74) is -0.389. The van der Waals surface area contributed by atoms with Crippen molar-refractivity contribution in [3.8, 4) is 11.5 Å². The average molecular weight is 660 g/mol. The molecule has 0 N–H and O–H groups in total. The Labute approximate surface area is 231 Å². The molecule has 0 aliphatic heterocycles. The maximum absolute atomic E-state index is 13.7. The standard InChI is InChI=1S/C14H15F5O3.C12H15IO3/c1-7(2)8-6-11(21-3)9(12(20)22-4)5-10(8)13(15,16)14(17,18)19;1-7(2)8-6-11(15-3)9(5-10(8)13)12(14)16-4/h5-7H,1-4H3;5-7H,1-4H3. The van der Waals surface area contributed by atoms with Crippen molar-refractivity contribution < 1.29 is 50.5 Å². The number of methoxy groups -OCH3 is 4. The van der Waals surface area contributed by atoms with Crippen molar-refractivity contribution in [3.63, 3.8) is 0 Å². The lowest BCUT2D eigenvalue weighted by atomic mass is 9.90. The van der Waals surface area contributed by atoms with Crippen LogP contribution in [0, 0.1) is 3.57 Å². The van der Waals surface area contributed by atoms with Crippen LogP contribution in [0.2, 0.25) is 0 Å². The van der Waals surface area contributed by atoms with Crippen molar-refractivity contribution in [2.45, 2.75) is 51.6 Å². The highest BCUT2D eigenvalue weighted by atomic mass is 127. The first-order valence-electron chi connectivity index (χ1n) is 11.2. The fraction of sp³-hybridized carbons (Fsp3) is 0.462. The number of carbonyl (C=O) groups excluding carboxylic acids is 2. The van der Waals surface area contributed by atoms with Gasteiger partial charge < -0.3 is 18.9 Å². The Kier molecular flexibility index (Phi) is 11.8. The second kappa shape index (κ2) is 13.4. The maximum atomic E-state index is 13.7. The molecule has 0 spiro atoms. The molecule has 2 aromatic carbocycles. The van der Waals surface area contributed by atoms with Gasteiger partial charge in [0.25, 0.3) is 0 Å². The number of hydrogen-bond acceptors (Lipinski definition) is 6. The molecule has 12 heteroatoms. The summed E-state index contributed by atoms with van der Waals surface area (Å²) in [5.74, 6) is -6.33. The van der Waals surface area contributed by atoms with E-state index in [-0.39, 0.29) is 17.3 Å². The van der Waals surface area contributed by atoms with Gasteiger partial charge in [0.05, 0.1) is 28.4 Å². The van der Waals surface area contributed by atoms with Gasteiger partial charge in [-0.3, -0.25) is 0 Å². The molecule has 0 aliphatic carbocycles. The summed E-state index contributed by atoms with van der Waals surface area (Å²) in [4.78, 5) is 23.1. The molecule has 0 unspecified atom stereocenters. The van der Waals surface area contributed by atoms with Crippen LogP contribution in [0.5, 0.6) is 11.5 Å². The molecule has 2 aromatic rings. The van der Waals surface area contributed by atoms with Gasteiger partial charge in [0.1, 0.15) is 22.6 Å². The number of esters is 2. The normalized spacial score (nSPS) is 11.6. The third kappa shape index (κ3) is 7.48. The average Bonchev–Trinajstić information content (AvgIpc) is 2.85. The first kappa shape index (κ1) is 33.4. The number of rotatable bonds is 7. The lowest BCUT2D eigenvalue weighted by Gasteiger charge is -2.25. The molecular formula is C26H30F5IO6. The van der Waals surface area contributed by atoms with Crippen LogP contribution in [0.15, 0.2) is 24.3 Å². The van der Waals surface area contributed by atoms with Crippen LogP contribution in [0.4, 0.5) is 22.0 Å². The van der Waals surface area contributed by atoms with Crippen molar-refractivity contribution in [2.75, 3.05) is 28.4 Å². The second-order valence-electron chi connectivity index (χ2n) is 8.58. The second-order valence-corrected chi connectivity index (χ2v) is 9.74. The van der Waals surface area contributed by atoms with Gasteiger partial charge in [-0.25, -0.2) is 9.59 Å². The van der Waals surface area contributed by atoms with Gasteiger partial charge >= 0.3 is 24.0 Å². The van der Waals surface area contributed by atoms with E-state index in [0.29, 0.717) is 23.3 Å². The molecule has 38 heavy (non-hydrogen) atoms. The van der Waals surface area contributed by atoms with E-state index in [2.05, 4.69) is 41.2 Å². The van der Waals surface area contributed by atoms with E-state index in [9.17, 15) is 31.5 Å². The first-order chi connectivity index (χ1) is 17.5.